The van der Waals surface area contributed by atoms with E-state index in [9.17, 15) is 9.59 Å². The Morgan fingerprint density at radius 3 is 2.11 bits per heavy atom. The van der Waals surface area contributed by atoms with E-state index in [-0.39, 0.29) is 11.8 Å². The highest BCUT2D eigenvalue weighted by Gasteiger charge is 2.32. The third kappa shape index (κ3) is 8.59. The molecule has 35 heavy (non-hydrogen) atoms. The zero-order chi connectivity index (χ0) is 25.3. The summed E-state index contributed by atoms with van der Waals surface area (Å²) in [5, 5.41) is 3.12. The zero-order valence-electron chi connectivity index (χ0n) is 21.2. The smallest absolute Gasteiger partial charge is 0.243 e. The number of hydrogen-bond donors (Lipinski definition) is 1. The topological polar surface area (TPSA) is 49.4 Å². The van der Waals surface area contributed by atoms with Crippen LogP contribution in [0.1, 0.15) is 43.9 Å². The van der Waals surface area contributed by atoms with Crippen molar-refractivity contribution < 1.29 is 9.59 Å². The van der Waals surface area contributed by atoms with Gasteiger partial charge in [0.25, 0.3) is 0 Å². The molecule has 0 fully saturated rings. The lowest BCUT2D eigenvalue weighted by Gasteiger charge is -2.34. The first-order chi connectivity index (χ1) is 16.7. The van der Waals surface area contributed by atoms with E-state index in [1.807, 2.05) is 100 Å². The lowest BCUT2D eigenvalue weighted by molar-refractivity contribution is -0.141. The van der Waals surface area contributed by atoms with Gasteiger partial charge in [0.1, 0.15) is 6.04 Å². The fourth-order valence-corrected chi connectivity index (χ4v) is 4.76. The van der Waals surface area contributed by atoms with Gasteiger partial charge >= 0.3 is 0 Å². The van der Waals surface area contributed by atoms with Crippen molar-refractivity contribution in [2.24, 2.45) is 0 Å². The lowest BCUT2D eigenvalue weighted by atomic mass is 9.99. The summed E-state index contributed by atoms with van der Waals surface area (Å²) in [6.07, 6.45) is 0.825. The number of thioether (sulfide) groups is 1. The second-order valence-corrected chi connectivity index (χ2v) is 11.0. The van der Waals surface area contributed by atoms with Gasteiger partial charge in [0, 0.05) is 35.6 Å². The summed E-state index contributed by atoms with van der Waals surface area (Å²) in [7, 11) is 0. The molecule has 3 aromatic rings. The highest BCUT2D eigenvalue weighted by molar-refractivity contribution is 7.99. The molecule has 0 aliphatic heterocycles. The number of rotatable bonds is 10. The summed E-state index contributed by atoms with van der Waals surface area (Å²) in [5.41, 5.74) is 2.80. The molecule has 0 aliphatic carbocycles. The summed E-state index contributed by atoms with van der Waals surface area (Å²) in [6.45, 7) is 8.35. The van der Waals surface area contributed by atoms with Crippen LogP contribution in [0.3, 0.4) is 0 Å². The fourth-order valence-electron chi connectivity index (χ4n) is 3.89. The van der Waals surface area contributed by atoms with Crippen LogP contribution >= 0.6 is 11.8 Å². The maximum Gasteiger partial charge on any atom is 0.243 e. The monoisotopic (exact) mass is 488 g/mol. The van der Waals surface area contributed by atoms with E-state index in [0.29, 0.717) is 25.1 Å². The third-order valence-electron chi connectivity index (χ3n) is 5.70. The van der Waals surface area contributed by atoms with E-state index < -0.39 is 11.6 Å². The number of hydrogen-bond acceptors (Lipinski definition) is 3. The van der Waals surface area contributed by atoms with Gasteiger partial charge in [-0.05, 0) is 56.5 Å². The SMILES string of the molecule is Cc1ccccc1CN(C(=O)CCSc1ccccc1)[C@H](Cc1ccccc1)C(=O)NC(C)(C)C. The van der Waals surface area contributed by atoms with Crippen LogP contribution in [0.25, 0.3) is 0 Å². The van der Waals surface area contributed by atoms with Crippen LogP contribution in [-0.4, -0.2) is 34.0 Å². The van der Waals surface area contributed by atoms with E-state index in [0.717, 1.165) is 21.6 Å². The van der Waals surface area contributed by atoms with E-state index >= 15 is 0 Å². The molecule has 0 aliphatic rings. The van der Waals surface area contributed by atoms with Gasteiger partial charge in [-0.1, -0.05) is 72.8 Å². The van der Waals surface area contributed by atoms with Crippen molar-refractivity contribution in [1.29, 1.82) is 0 Å². The van der Waals surface area contributed by atoms with Crippen LogP contribution in [0.15, 0.2) is 89.8 Å². The maximum absolute atomic E-state index is 13.7. The number of carbonyl (C=O) groups is 2. The van der Waals surface area contributed by atoms with Crippen LogP contribution < -0.4 is 5.32 Å². The van der Waals surface area contributed by atoms with E-state index in [1.54, 1.807) is 16.7 Å². The zero-order valence-corrected chi connectivity index (χ0v) is 22.0. The Balaban J connectivity index is 1.88. The third-order valence-corrected chi connectivity index (χ3v) is 6.71. The standard InChI is InChI=1S/C30H36N2O2S/c1-23-13-11-12-16-25(23)22-32(28(33)19-20-35-26-17-9-6-10-18-26)27(29(34)31-30(2,3)4)21-24-14-7-5-8-15-24/h5-18,27H,19-22H2,1-4H3,(H,31,34)/t27-/m1/s1. The van der Waals surface area contributed by atoms with Gasteiger partial charge in [-0.3, -0.25) is 9.59 Å². The summed E-state index contributed by atoms with van der Waals surface area (Å²) in [4.78, 5) is 30.2. The van der Waals surface area contributed by atoms with Crippen molar-refractivity contribution in [3.63, 3.8) is 0 Å². The minimum absolute atomic E-state index is 0.0123. The summed E-state index contributed by atoms with van der Waals surface area (Å²) < 4.78 is 0. The molecule has 0 saturated carbocycles. The lowest BCUT2D eigenvalue weighted by Crippen LogP contribution is -2.54. The van der Waals surface area contributed by atoms with Gasteiger partial charge < -0.3 is 10.2 Å². The molecule has 2 amide bonds. The molecular weight excluding hydrogens is 452 g/mol. The molecule has 0 bridgehead atoms. The molecular formula is C30H36N2O2S. The van der Waals surface area contributed by atoms with E-state index in [1.165, 1.54) is 0 Å². The van der Waals surface area contributed by atoms with Gasteiger partial charge in [-0.2, -0.15) is 0 Å². The molecule has 5 heteroatoms. The van der Waals surface area contributed by atoms with Crippen molar-refractivity contribution >= 4 is 23.6 Å². The van der Waals surface area contributed by atoms with E-state index in [2.05, 4.69) is 17.4 Å². The minimum atomic E-state index is -0.606. The number of nitrogens with one attached hydrogen (secondary N) is 1. The van der Waals surface area contributed by atoms with Gasteiger partial charge in [-0.15, -0.1) is 11.8 Å². The van der Waals surface area contributed by atoms with Crippen LogP contribution in [-0.2, 0) is 22.6 Å². The molecule has 0 spiro atoms. The predicted molar refractivity (Wildman–Crippen MR) is 145 cm³/mol. The van der Waals surface area contributed by atoms with Crippen molar-refractivity contribution in [3.05, 3.63) is 102 Å². The Bertz CT molecular complexity index is 1090. The average molecular weight is 489 g/mol. The summed E-state index contributed by atoms with van der Waals surface area (Å²) >= 11 is 1.66. The largest absolute Gasteiger partial charge is 0.350 e. The van der Waals surface area contributed by atoms with Crippen molar-refractivity contribution in [2.45, 2.75) is 63.6 Å². The Morgan fingerprint density at radius 2 is 1.49 bits per heavy atom. The van der Waals surface area contributed by atoms with E-state index in [4.69, 9.17) is 0 Å². The first kappa shape index (κ1) is 26.6. The summed E-state index contributed by atoms with van der Waals surface area (Å²) in [6, 6.07) is 27.5. The molecule has 0 saturated heterocycles. The molecule has 1 N–H and O–H groups in total. The van der Waals surface area contributed by atoms with Crippen LogP contribution in [0, 0.1) is 6.92 Å². The number of benzene rings is 3. The Labute approximate surface area is 214 Å². The molecule has 0 heterocycles. The minimum Gasteiger partial charge on any atom is -0.350 e. The van der Waals surface area contributed by atoms with Gasteiger partial charge in [0.2, 0.25) is 11.8 Å². The predicted octanol–water partition coefficient (Wildman–Crippen LogP) is 6.03. The van der Waals surface area contributed by atoms with Gasteiger partial charge in [0.05, 0.1) is 0 Å². The Morgan fingerprint density at radius 1 is 0.886 bits per heavy atom. The Kier molecular flexibility index (Phi) is 9.55. The average Bonchev–Trinajstić information content (AvgIpc) is 2.82. The second kappa shape index (κ2) is 12.6. The first-order valence-electron chi connectivity index (χ1n) is 12.1. The number of carbonyl (C=O) groups excluding carboxylic acids is 2. The van der Waals surface area contributed by atoms with Gasteiger partial charge in [0.15, 0.2) is 0 Å². The first-order valence-corrected chi connectivity index (χ1v) is 13.1. The molecule has 184 valence electrons. The molecule has 0 aromatic heterocycles. The van der Waals surface area contributed by atoms with Crippen molar-refractivity contribution in [1.82, 2.24) is 10.2 Å². The van der Waals surface area contributed by atoms with Gasteiger partial charge in [-0.25, -0.2) is 0 Å². The molecule has 0 unspecified atom stereocenters. The number of amides is 2. The van der Waals surface area contributed by atoms with Crippen molar-refractivity contribution in [3.8, 4) is 0 Å². The fraction of sp³-hybridized carbons (Fsp3) is 0.333. The number of aryl methyl sites for hydroxylation is 1. The summed E-state index contributed by atoms with van der Waals surface area (Å²) in [5.74, 6) is 0.521. The van der Waals surface area contributed by atoms with Crippen LogP contribution in [0.2, 0.25) is 0 Å². The molecule has 1 atom stereocenters. The quantitative estimate of drug-likeness (QED) is 0.354. The molecule has 3 rings (SSSR count). The highest BCUT2D eigenvalue weighted by Crippen LogP contribution is 2.22. The van der Waals surface area contributed by atoms with Crippen molar-refractivity contribution in [2.75, 3.05) is 5.75 Å². The molecule has 0 radical (unpaired) electrons. The van der Waals surface area contributed by atoms with Crippen LogP contribution in [0.5, 0.6) is 0 Å². The van der Waals surface area contributed by atoms with Crippen LogP contribution in [0.4, 0.5) is 0 Å². The Hall–Kier alpha value is -3.05. The highest BCUT2D eigenvalue weighted by atomic mass is 32.2. The second-order valence-electron chi connectivity index (χ2n) is 9.80. The number of nitrogens with zero attached hydrogens (tertiary/aromatic N) is 1. The maximum atomic E-state index is 13.7. The molecule has 4 nitrogen and oxygen atoms in total. The molecule has 3 aromatic carbocycles. The normalized spacial score (nSPS) is 12.1.